The second-order valence-corrected chi connectivity index (χ2v) is 4.82. The van der Waals surface area contributed by atoms with Gasteiger partial charge < -0.3 is 20.1 Å². The molecule has 1 amide bonds. The minimum Gasteiger partial charge on any atom is -0.494 e. The van der Waals surface area contributed by atoms with Crippen molar-refractivity contribution in [1.29, 1.82) is 0 Å². The van der Waals surface area contributed by atoms with Crippen LogP contribution in [0.2, 0.25) is 0 Å². The summed E-state index contributed by atoms with van der Waals surface area (Å²) in [5.41, 5.74) is 0. The van der Waals surface area contributed by atoms with Crippen molar-refractivity contribution in [2.45, 2.75) is 6.92 Å². The van der Waals surface area contributed by atoms with E-state index in [9.17, 15) is 4.79 Å². The number of hydrogen-bond acceptors (Lipinski definition) is 5. The van der Waals surface area contributed by atoms with Crippen LogP contribution in [0.25, 0.3) is 0 Å². The minimum absolute atomic E-state index is 0.0278. The summed E-state index contributed by atoms with van der Waals surface area (Å²) >= 11 is 0. The normalized spacial score (nSPS) is 15.5. The van der Waals surface area contributed by atoms with Crippen LogP contribution >= 0.6 is 0 Å². The predicted octanol–water partition coefficient (Wildman–Crippen LogP) is 0.443. The van der Waals surface area contributed by atoms with E-state index < -0.39 is 0 Å². The summed E-state index contributed by atoms with van der Waals surface area (Å²) in [7, 11) is 0. The molecule has 1 heterocycles. The molecular formula is C15H23N3O3. The Morgan fingerprint density at radius 2 is 1.81 bits per heavy atom. The number of amides is 1. The summed E-state index contributed by atoms with van der Waals surface area (Å²) in [6.45, 7) is 7.03. The van der Waals surface area contributed by atoms with Crippen molar-refractivity contribution < 1.29 is 14.3 Å². The van der Waals surface area contributed by atoms with Crippen molar-refractivity contribution in [1.82, 2.24) is 15.5 Å². The van der Waals surface area contributed by atoms with Crippen LogP contribution in [0.1, 0.15) is 6.92 Å². The number of rotatable bonds is 7. The van der Waals surface area contributed by atoms with E-state index in [1.807, 2.05) is 19.1 Å². The summed E-state index contributed by atoms with van der Waals surface area (Å²) in [5, 5.41) is 6.14. The first-order chi connectivity index (χ1) is 10.3. The van der Waals surface area contributed by atoms with E-state index in [1.165, 1.54) is 0 Å². The molecule has 0 saturated carbocycles. The largest absolute Gasteiger partial charge is 0.494 e. The fourth-order valence-electron chi connectivity index (χ4n) is 2.07. The van der Waals surface area contributed by atoms with Crippen LogP contribution in [0.5, 0.6) is 11.5 Å². The smallest absolute Gasteiger partial charge is 0.258 e. The fraction of sp³-hybridized carbons (Fsp3) is 0.533. The van der Waals surface area contributed by atoms with Crippen LogP contribution in [0.15, 0.2) is 24.3 Å². The number of benzene rings is 1. The summed E-state index contributed by atoms with van der Waals surface area (Å²) in [4.78, 5) is 13.9. The lowest BCUT2D eigenvalue weighted by Gasteiger charge is -2.27. The Kier molecular flexibility index (Phi) is 6.30. The molecule has 0 bridgehead atoms. The molecule has 2 rings (SSSR count). The third-order valence-electron chi connectivity index (χ3n) is 3.21. The highest BCUT2D eigenvalue weighted by Crippen LogP contribution is 2.17. The molecule has 2 N–H and O–H groups in total. The van der Waals surface area contributed by atoms with Crippen LogP contribution in [0, 0.1) is 0 Å². The summed E-state index contributed by atoms with van der Waals surface area (Å²) in [6.07, 6.45) is 0. The van der Waals surface area contributed by atoms with Gasteiger partial charge >= 0.3 is 0 Å². The fourth-order valence-corrected chi connectivity index (χ4v) is 2.07. The van der Waals surface area contributed by atoms with E-state index in [0.29, 0.717) is 19.0 Å². The molecule has 0 radical (unpaired) electrons. The Bertz CT molecular complexity index is 430. The second-order valence-electron chi connectivity index (χ2n) is 4.82. The van der Waals surface area contributed by atoms with Gasteiger partial charge in [0, 0.05) is 26.2 Å². The third kappa shape index (κ3) is 5.61. The molecule has 0 aliphatic carbocycles. The molecule has 1 saturated heterocycles. The molecule has 0 spiro atoms. The van der Waals surface area contributed by atoms with Crippen molar-refractivity contribution in [2.24, 2.45) is 0 Å². The number of piperazine rings is 1. The maximum absolute atomic E-state index is 11.7. The number of carbonyl (C=O) groups excluding carboxylic acids is 1. The maximum Gasteiger partial charge on any atom is 0.258 e. The topological polar surface area (TPSA) is 62.8 Å². The summed E-state index contributed by atoms with van der Waals surface area (Å²) in [6, 6.07) is 7.26. The molecule has 6 nitrogen and oxygen atoms in total. The first kappa shape index (κ1) is 15.6. The minimum atomic E-state index is -0.109. The quantitative estimate of drug-likeness (QED) is 0.764. The Morgan fingerprint density at radius 3 is 2.43 bits per heavy atom. The molecule has 21 heavy (non-hydrogen) atoms. The Balaban J connectivity index is 1.65. The number of ether oxygens (including phenoxy) is 2. The Hall–Kier alpha value is -1.79. The number of hydrogen-bond donors (Lipinski definition) is 2. The molecular weight excluding hydrogens is 270 g/mol. The van der Waals surface area contributed by atoms with Gasteiger partial charge in [-0.25, -0.2) is 0 Å². The van der Waals surface area contributed by atoms with E-state index in [1.54, 1.807) is 12.1 Å². The van der Waals surface area contributed by atoms with Crippen molar-refractivity contribution in [3.05, 3.63) is 24.3 Å². The van der Waals surface area contributed by atoms with Gasteiger partial charge in [0.1, 0.15) is 11.5 Å². The third-order valence-corrected chi connectivity index (χ3v) is 3.21. The van der Waals surface area contributed by atoms with E-state index in [-0.39, 0.29) is 12.5 Å². The van der Waals surface area contributed by atoms with Gasteiger partial charge in [0.2, 0.25) is 0 Å². The predicted molar refractivity (Wildman–Crippen MR) is 80.6 cm³/mol. The van der Waals surface area contributed by atoms with E-state index in [0.717, 1.165) is 31.9 Å². The molecule has 0 atom stereocenters. The van der Waals surface area contributed by atoms with E-state index in [2.05, 4.69) is 15.5 Å². The highest BCUT2D eigenvalue weighted by atomic mass is 16.5. The van der Waals surface area contributed by atoms with Gasteiger partial charge in [-0.1, -0.05) is 0 Å². The van der Waals surface area contributed by atoms with E-state index in [4.69, 9.17) is 9.47 Å². The monoisotopic (exact) mass is 293 g/mol. The molecule has 1 aliphatic rings. The molecule has 1 aromatic carbocycles. The van der Waals surface area contributed by atoms with E-state index >= 15 is 0 Å². The number of nitrogens with one attached hydrogen (secondary N) is 2. The molecule has 1 aromatic rings. The lowest BCUT2D eigenvalue weighted by molar-refractivity contribution is -0.123. The first-order valence-corrected chi connectivity index (χ1v) is 7.33. The van der Waals surface area contributed by atoms with Gasteiger partial charge in [0.05, 0.1) is 13.3 Å². The summed E-state index contributed by atoms with van der Waals surface area (Å²) < 4.78 is 10.8. The SMILES string of the molecule is CCOc1ccc(OCC(=O)NCN2CCNCC2)cc1. The van der Waals surface area contributed by atoms with Crippen molar-refractivity contribution in [3.63, 3.8) is 0 Å². The average Bonchev–Trinajstić information content (AvgIpc) is 2.53. The zero-order valence-corrected chi connectivity index (χ0v) is 12.4. The highest BCUT2D eigenvalue weighted by Gasteiger charge is 2.10. The standard InChI is InChI=1S/C15H23N3O3/c1-2-20-13-3-5-14(6-4-13)21-11-15(19)17-12-18-9-7-16-8-10-18/h3-6,16H,2,7-12H2,1H3,(H,17,19). The first-order valence-electron chi connectivity index (χ1n) is 7.33. The number of nitrogens with zero attached hydrogens (tertiary/aromatic N) is 1. The van der Waals surface area contributed by atoms with Crippen LogP contribution in [-0.4, -0.2) is 56.9 Å². The van der Waals surface area contributed by atoms with Gasteiger partial charge in [0.25, 0.3) is 5.91 Å². The molecule has 0 unspecified atom stereocenters. The van der Waals surface area contributed by atoms with Crippen LogP contribution in [0.4, 0.5) is 0 Å². The highest BCUT2D eigenvalue weighted by molar-refractivity contribution is 5.77. The van der Waals surface area contributed by atoms with Crippen molar-refractivity contribution in [3.8, 4) is 11.5 Å². The molecule has 1 aliphatic heterocycles. The van der Waals surface area contributed by atoms with Crippen LogP contribution < -0.4 is 20.1 Å². The lowest BCUT2D eigenvalue weighted by Crippen LogP contribution is -2.48. The van der Waals surface area contributed by atoms with Gasteiger partial charge in [0.15, 0.2) is 6.61 Å². The molecule has 6 heteroatoms. The Morgan fingerprint density at radius 1 is 1.19 bits per heavy atom. The Labute approximate surface area is 125 Å². The number of carbonyl (C=O) groups is 1. The van der Waals surface area contributed by atoms with Crippen molar-refractivity contribution in [2.75, 3.05) is 46.1 Å². The molecule has 0 aromatic heterocycles. The van der Waals surface area contributed by atoms with Gasteiger partial charge in [-0.05, 0) is 31.2 Å². The lowest BCUT2D eigenvalue weighted by atomic mass is 10.3. The van der Waals surface area contributed by atoms with Gasteiger partial charge in [-0.15, -0.1) is 0 Å². The van der Waals surface area contributed by atoms with Crippen LogP contribution in [0.3, 0.4) is 0 Å². The van der Waals surface area contributed by atoms with Crippen molar-refractivity contribution >= 4 is 5.91 Å². The summed E-state index contributed by atoms with van der Waals surface area (Å²) in [5.74, 6) is 1.35. The van der Waals surface area contributed by atoms with Crippen LogP contribution in [-0.2, 0) is 4.79 Å². The van der Waals surface area contributed by atoms with Gasteiger partial charge in [-0.3, -0.25) is 9.69 Å². The van der Waals surface area contributed by atoms with Gasteiger partial charge in [-0.2, -0.15) is 0 Å². The second kappa shape index (κ2) is 8.49. The average molecular weight is 293 g/mol. The maximum atomic E-state index is 11.7. The molecule has 116 valence electrons. The molecule has 1 fully saturated rings. The zero-order chi connectivity index (χ0) is 14.9. The zero-order valence-electron chi connectivity index (χ0n) is 12.4.